The molecular weight excluding hydrogens is 458 g/mol. The molecule has 36 heavy (non-hydrogen) atoms. The molecule has 4 N–H and O–H groups in total. The third kappa shape index (κ3) is 4.83. The molecule has 2 amide bonds. The Hall–Kier alpha value is -4.85. The number of anilines is 1. The Morgan fingerprint density at radius 2 is 1.97 bits per heavy atom. The zero-order valence-corrected chi connectivity index (χ0v) is 19.5. The number of hydrogen-bond acceptors (Lipinski definition) is 4. The van der Waals surface area contributed by atoms with E-state index < -0.39 is 12.0 Å². The van der Waals surface area contributed by atoms with Gasteiger partial charge in [0.15, 0.2) is 5.78 Å². The minimum absolute atomic E-state index is 0.0504. The lowest BCUT2D eigenvalue weighted by Crippen LogP contribution is -2.28. The molecule has 182 valence electrons. The van der Waals surface area contributed by atoms with E-state index in [1.54, 1.807) is 53.1 Å². The Balaban J connectivity index is 1.84. The van der Waals surface area contributed by atoms with Gasteiger partial charge in [0.05, 0.1) is 0 Å². The molecule has 0 fully saturated rings. The summed E-state index contributed by atoms with van der Waals surface area (Å²) in [5.41, 5.74) is 2.49. The number of phenolic OH excluding ortho intramolecular Hbond substituents is 1. The van der Waals surface area contributed by atoms with Gasteiger partial charge in [0, 0.05) is 40.8 Å². The number of amides is 2. The Kier molecular flexibility index (Phi) is 6.87. The molecule has 0 saturated carbocycles. The topological polar surface area (TPSA) is 121 Å². The summed E-state index contributed by atoms with van der Waals surface area (Å²) in [6.07, 6.45) is 7.01. The average molecular weight is 484 g/mol. The van der Waals surface area contributed by atoms with Crippen molar-refractivity contribution in [3.63, 3.8) is 0 Å². The highest BCUT2D eigenvalue weighted by molar-refractivity contribution is 6.32. The fourth-order valence-electron chi connectivity index (χ4n) is 4.20. The number of urea groups is 1. The largest absolute Gasteiger partial charge is 0.508 e. The molecule has 0 atom stereocenters. The molecule has 4 rings (SSSR count). The van der Waals surface area contributed by atoms with Gasteiger partial charge in [-0.2, -0.15) is 0 Å². The maximum atomic E-state index is 13.1. The van der Waals surface area contributed by atoms with Crippen LogP contribution in [0.5, 0.6) is 5.75 Å². The molecule has 0 unspecified atom stereocenters. The second-order valence-electron chi connectivity index (χ2n) is 8.29. The summed E-state index contributed by atoms with van der Waals surface area (Å²) >= 11 is 0. The van der Waals surface area contributed by atoms with Crippen LogP contribution >= 0.6 is 0 Å². The van der Waals surface area contributed by atoms with Crippen molar-refractivity contribution in [1.82, 2.24) is 9.88 Å². The van der Waals surface area contributed by atoms with Crippen molar-refractivity contribution >= 4 is 39.9 Å². The van der Waals surface area contributed by atoms with E-state index in [-0.39, 0.29) is 34.9 Å². The number of carboxylic acid groups (broad SMARTS) is 1. The fourth-order valence-corrected chi connectivity index (χ4v) is 4.20. The predicted molar refractivity (Wildman–Crippen MR) is 139 cm³/mol. The number of carbonyl (C=O) groups is 3. The average Bonchev–Trinajstić information content (AvgIpc) is 3.05. The quantitative estimate of drug-likeness (QED) is 0.282. The molecule has 0 radical (unpaired) electrons. The first-order valence-electron chi connectivity index (χ1n) is 11.2. The number of nitrogens with one attached hydrogen (secondary N) is 2. The number of carboxylic acids is 1. The van der Waals surface area contributed by atoms with E-state index >= 15 is 0 Å². The number of rotatable bonds is 7. The van der Waals surface area contributed by atoms with Crippen LogP contribution in [-0.2, 0) is 11.3 Å². The molecule has 2 aromatic carbocycles. The van der Waals surface area contributed by atoms with Crippen LogP contribution in [0.15, 0.2) is 85.5 Å². The highest BCUT2D eigenvalue weighted by Crippen LogP contribution is 2.37. The third-order valence-electron chi connectivity index (χ3n) is 5.78. The third-order valence-corrected chi connectivity index (χ3v) is 5.78. The molecule has 1 heterocycles. The van der Waals surface area contributed by atoms with E-state index in [0.29, 0.717) is 35.1 Å². The van der Waals surface area contributed by atoms with Gasteiger partial charge in [-0.3, -0.25) is 4.79 Å². The molecule has 3 aromatic rings. The number of phenols is 1. The lowest BCUT2D eigenvalue weighted by molar-refractivity contribution is -0.110. The summed E-state index contributed by atoms with van der Waals surface area (Å²) in [4.78, 5) is 37.7. The van der Waals surface area contributed by atoms with Gasteiger partial charge >= 0.3 is 12.0 Å². The molecule has 0 aliphatic heterocycles. The Morgan fingerprint density at radius 1 is 1.17 bits per heavy atom. The maximum absolute atomic E-state index is 13.1. The van der Waals surface area contributed by atoms with Gasteiger partial charge in [-0.25, -0.2) is 9.59 Å². The zero-order valence-electron chi connectivity index (χ0n) is 19.5. The smallest absolute Gasteiger partial charge is 0.353 e. The number of benzene rings is 2. The van der Waals surface area contributed by atoms with Crippen molar-refractivity contribution in [3.05, 3.63) is 102 Å². The maximum Gasteiger partial charge on any atom is 0.353 e. The van der Waals surface area contributed by atoms with Crippen LogP contribution in [0.4, 0.5) is 10.5 Å². The Labute approximate surface area is 207 Å². The summed E-state index contributed by atoms with van der Waals surface area (Å²) in [5.74, 6) is -1.61. The van der Waals surface area contributed by atoms with Gasteiger partial charge < -0.3 is 25.4 Å². The first-order chi connectivity index (χ1) is 17.3. The zero-order chi connectivity index (χ0) is 25.8. The lowest BCUT2D eigenvalue weighted by Gasteiger charge is -2.12. The van der Waals surface area contributed by atoms with Crippen molar-refractivity contribution in [2.24, 2.45) is 0 Å². The van der Waals surface area contributed by atoms with E-state index in [0.717, 1.165) is 5.56 Å². The number of nitrogens with zero attached hydrogens (tertiary/aromatic N) is 1. The number of aromatic nitrogens is 1. The second kappa shape index (κ2) is 10.2. The molecule has 0 spiro atoms. The molecule has 8 nitrogen and oxygen atoms in total. The summed E-state index contributed by atoms with van der Waals surface area (Å²) in [6.45, 7) is 7.86. The molecule has 0 saturated heterocycles. The van der Waals surface area contributed by atoms with Gasteiger partial charge in [-0.15, -0.1) is 6.58 Å². The summed E-state index contributed by atoms with van der Waals surface area (Å²) in [7, 11) is 0. The van der Waals surface area contributed by atoms with Gasteiger partial charge in [0.1, 0.15) is 11.4 Å². The van der Waals surface area contributed by atoms with E-state index in [1.807, 2.05) is 6.07 Å². The van der Waals surface area contributed by atoms with E-state index in [1.165, 1.54) is 12.1 Å². The van der Waals surface area contributed by atoms with Gasteiger partial charge in [-0.1, -0.05) is 43.0 Å². The summed E-state index contributed by atoms with van der Waals surface area (Å²) in [6, 6.07) is 11.2. The Bertz CT molecular complexity index is 1480. The van der Waals surface area contributed by atoms with Crippen molar-refractivity contribution in [3.8, 4) is 5.75 Å². The van der Waals surface area contributed by atoms with Crippen molar-refractivity contribution in [2.45, 2.75) is 13.0 Å². The standard InChI is InChI=1S/C28H25N3O5/c1-3-13-29-28(36)30-19-9-6-8-18(14-19)16-31-23-12-11-20(32)15-22(23)24(25(31)27(34)35)21-10-5-4-7-17(2)26(21)33/h3-6,8-12,14-15,32H,1-2,7,13,16H2,(H,34,35)(H2,29,30,36). The number of Topliss-reactive ketones (excluding diaryl/α,β-unsaturated/α-hetero) is 1. The van der Waals surface area contributed by atoms with E-state index in [9.17, 15) is 24.6 Å². The second-order valence-corrected chi connectivity index (χ2v) is 8.29. The molecule has 0 bridgehead atoms. The number of hydrogen-bond donors (Lipinski definition) is 4. The fraction of sp³-hybridized carbons (Fsp3) is 0.107. The molecule has 8 heteroatoms. The monoisotopic (exact) mass is 483 g/mol. The normalized spacial score (nSPS) is 13.3. The van der Waals surface area contributed by atoms with Crippen molar-refractivity contribution in [1.29, 1.82) is 0 Å². The van der Waals surface area contributed by atoms with Crippen LogP contribution < -0.4 is 10.6 Å². The van der Waals surface area contributed by atoms with Gasteiger partial charge in [0.2, 0.25) is 0 Å². The highest BCUT2D eigenvalue weighted by Gasteiger charge is 2.29. The molecule has 1 aliphatic carbocycles. The minimum atomic E-state index is -1.22. The first-order valence-corrected chi connectivity index (χ1v) is 11.2. The van der Waals surface area contributed by atoms with Crippen LogP contribution in [-0.4, -0.2) is 39.1 Å². The predicted octanol–water partition coefficient (Wildman–Crippen LogP) is 4.87. The van der Waals surface area contributed by atoms with Gasteiger partial charge in [-0.05, 0) is 47.9 Å². The Morgan fingerprint density at radius 3 is 2.72 bits per heavy atom. The summed E-state index contributed by atoms with van der Waals surface area (Å²) in [5, 5.41) is 26.3. The van der Waals surface area contributed by atoms with Crippen LogP contribution in [0.3, 0.4) is 0 Å². The first kappa shape index (κ1) is 24.3. The van der Waals surface area contributed by atoms with Crippen LogP contribution in [0.25, 0.3) is 16.5 Å². The number of aromatic hydroxyl groups is 1. The molecule has 1 aromatic heterocycles. The van der Waals surface area contributed by atoms with Crippen molar-refractivity contribution in [2.75, 3.05) is 11.9 Å². The number of aromatic carboxylic acids is 1. The number of carbonyl (C=O) groups excluding carboxylic acids is 2. The number of fused-ring (bicyclic) bond motifs is 1. The minimum Gasteiger partial charge on any atom is -0.508 e. The van der Waals surface area contributed by atoms with Crippen LogP contribution in [0.1, 0.15) is 28.0 Å². The summed E-state index contributed by atoms with van der Waals surface area (Å²) < 4.78 is 1.59. The lowest BCUT2D eigenvalue weighted by atomic mass is 9.94. The van der Waals surface area contributed by atoms with Crippen LogP contribution in [0.2, 0.25) is 0 Å². The molecule has 1 aliphatic rings. The number of allylic oxidation sites excluding steroid dienone is 5. The SMILES string of the molecule is C=CCNC(=O)Nc1cccc(Cn2c(C(=O)O)c(C3=CC=CCC(=C)C3=O)c3cc(O)ccc32)c1. The van der Waals surface area contributed by atoms with Crippen molar-refractivity contribution < 1.29 is 24.6 Å². The van der Waals surface area contributed by atoms with Crippen LogP contribution in [0, 0.1) is 0 Å². The van der Waals surface area contributed by atoms with Gasteiger partial charge in [0.25, 0.3) is 0 Å². The van der Waals surface area contributed by atoms with E-state index in [2.05, 4.69) is 23.8 Å². The number of ketones is 1. The van der Waals surface area contributed by atoms with E-state index in [4.69, 9.17) is 0 Å². The highest BCUT2D eigenvalue weighted by atomic mass is 16.4. The molecular formula is C28H25N3O5.